The van der Waals surface area contributed by atoms with Crippen molar-refractivity contribution in [3.63, 3.8) is 0 Å². The fourth-order valence-corrected chi connectivity index (χ4v) is 2.63. The highest BCUT2D eigenvalue weighted by molar-refractivity contribution is 7.89. The lowest BCUT2D eigenvalue weighted by molar-refractivity contribution is 0.0692. The third kappa shape index (κ3) is 2.34. The van der Waals surface area contributed by atoms with Crippen LogP contribution in [0.4, 0.5) is 0 Å². The van der Waals surface area contributed by atoms with Crippen LogP contribution in [0.3, 0.4) is 0 Å². The highest BCUT2D eigenvalue weighted by Crippen LogP contribution is 2.19. The molecule has 7 heteroatoms. The number of carbonyl (C=O) groups is 1. The van der Waals surface area contributed by atoms with Crippen LogP contribution in [-0.2, 0) is 10.0 Å². The van der Waals surface area contributed by atoms with Crippen LogP contribution in [0.1, 0.15) is 10.4 Å². The van der Waals surface area contributed by atoms with Crippen LogP contribution < -0.4 is 0 Å². The van der Waals surface area contributed by atoms with E-state index in [9.17, 15) is 13.2 Å². The molecule has 0 radical (unpaired) electrons. The minimum absolute atomic E-state index is 0.240. The van der Waals surface area contributed by atoms with Crippen LogP contribution in [0.15, 0.2) is 29.2 Å². The van der Waals surface area contributed by atoms with Gasteiger partial charge in [0.1, 0.15) is 0 Å². The van der Waals surface area contributed by atoms with E-state index in [1.165, 1.54) is 31.3 Å². The molecule has 0 saturated heterocycles. The van der Waals surface area contributed by atoms with Gasteiger partial charge in [-0.05, 0) is 12.1 Å². The minimum Gasteiger partial charge on any atom is -0.478 e. The van der Waals surface area contributed by atoms with E-state index in [0.29, 0.717) is 0 Å². The van der Waals surface area contributed by atoms with Crippen molar-refractivity contribution in [3.05, 3.63) is 29.8 Å². The first-order valence-corrected chi connectivity index (χ1v) is 6.23. The van der Waals surface area contributed by atoms with Crippen molar-refractivity contribution >= 4 is 27.6 Å². The van der Waals surface area contributed by atoms with E-state index in [4.69, 9.17) is 16.7 Å². The Morgan fingerprint density at radius 2 is 2.00 bits per heavy atom. The number of nitrogens with zero attached hydrogens (tertiary/aromatic N) is 1. The highest BCUT2D eigenvalue weighted by atomic mass is 35.5. The van der Waals surface area contributed by atoms with E-state index >= 15 is 0 Å². The molecule has 1 rings (SSSR count). The third-order valence-corrected chi connectivity index (χ3v) is 4.34. The van der Waals surface area contributed by atoms with Crippen LogP contribution in [-0.4, -0.2) is 36.9 Å². The van der Waals surface area contributed by atoms with Crippen molar-refractivity contribution in [2.45, 2.75) is 4.90 Å². The number of aromatic carboxylic acids is 1. The van der Waals surface area contributed by atoms with Gasteiger partial charge >= 0.3 is 5.97 Å². The Labute approximate surface area is 98.3 Å². The van der Waals surface area contributed by atoms with E-state index in [1.807, 2.05) is 0 Å². The van der Waals surface area contributed by atoms with Gasteiger partial charge < -0.3 is 5.11 Å². The molecule has 0 heterocycles. The first-order chi connectivity index (χ1) is 7.41. The summed E-state index contributed by atoms with van der Waals surface area (Å²) in [5.74, 6) is -1.29. The molecule has 0 aliphatic carbocycles. The Bertz CT molecular complexity index is 500. The van der Waals surface area contributed by atoms with Crippen molar-refractivity contribution in [3.8, 4) is 0 Å². The summed E-state index contributed by atoms with van der Waals surface area (Å²) in [6, 6.07) is 5.15. The molecule has 0 saturated carbocycles. The van der Waals surface area contributed by atoms with Gasteiger partial charge in [0, 0.05) is 7.05 Å². The molecule has 1 aromatic rings. The highest BCUT2D eigenvalue weighted by Gasteiger charge is 2.25. The molecule has 1 N–H and O–H groups in total. The van der Waals surface area contributed by atoms with Gasteiger partial charge in [0.2, 0.25) is 10.0 Å². The maximum absolute atomic E-state index is 11.9. The fraction of sp³-hybridized carbons (Fsp3) is 0.222. The summed E-state index contributed by atoms with van der Waals surface area (Å²) in [6.45, 7) is 0. The van der Waals surface area contributed by atoms with Crippen molar-refractivity contribution < 1.29 is 18.3 Å². The molecule has 0 atom stereocenters. The van der Waals surface area contributed by atoms with Gasteiger partial charge in [-0.25, -0.2) is 13.2 Å². The summed E-state index contributed by atoms with van der Waals surface area (Å²) < 4.78 is 24.6. The van der Waals surface area contributed by atoms with E-state index < -0.39 is 16.0 Å². The number of rotatable bonds is 4. The maximum atomic E-state index is 11.9. The van der Waals surface area contributed by atoms with Gasteiger partial charge in [-0.15, -0.1) is 11.6 Å². The second kappa shape index (κ2) is 4.82. The topological polar surface area (TPSA) is 74.7 Å². The quantitative estimate of drug-likeness (QED) is 0.654. The summed E-state index contributed by atoms with van der Waals surface area (Å²) in [6.07, 6.45) is 0. The van der Waals surface area contributed by atoms with Crippen LogP contribution in [0.25, 0.3) is 0 Å². The Balaban J connectivity index is 3.39. The number of carboxylic acids is 1. The van der Waals surface area contributed by atoms with Gasteiger partial charge in [0.15, 0.2) is 0 Å². The van der Waals surface area contributed by atoms with Crippen molar-refractivity contribution in [1.82, 2.24) is 4.31 Å². The predicted octanol–water partition coefficient (Wildman–Crippen LogP) is 1.20. The zero-order valence-corrected chi connectivity index (χ0v) is 9.99. The molecule has 0 fully saturated rings. The summed E-state index contributed by atoms with van der Waals surface area (Å²) >= 11 is 5.42. The van der Waals surface area contributed by atoms with Crippen molar-refractivity contribution in [1.29, 1.82) is 0 Å². The Morgan fingerprint density at radius 3 is 2.50 bits per heavy atom. The Kier molecular flexibility index (Phi) is 3.90. The van der Waals surface area contributed by atoms with Crippen LogP contribution in [0.2, 0.25) is 0 Å². The maximum Gasteiger partial charge on any atom is 0.337 e. The summed E-state index contributed by atoms with van der Waals surface area (Å²) in [4.78, 5) is 10.6. The summed E-state index contributed by atoms with van der Waals surface area (Å²) in [7, 11) is -2.57. The molecular weight excluding hydrogens is 254 g/mol. The lowest BCUT2D eigenvalue weighted by Gasteiger charge is -2.15. The smallest absolute Gasteiger partial charge is 0.337 e. The number of halogens is 1. The van der Waals surface area contributed by atoms with Gasteiger partial charge in [0.05, 0.1) is 16.5 Å². The van der Waals surface area contributed by atoms with Crippen LogP contribution in [0, 0.1) is 0 Å². The van der Waals surface area contributed by atoms with Gasteiger partial charge in [-0.1, -0.05) is 12.1 Å². The second-order valence-corrected chi connectivity index (χ2v) is 5.28. The average Bonchev–Trinajstić information content (AvgIpc) is 2.27. The average molecular weight is 264 g/mol. The zero-order valence-electron chi connectivity index (χ0n) is 8.42. The minimum atomic E-state index is -3.84. The zero-order chi connectivity index (χ0) is 12.3. The molecular formula is C9H10ClNO4S. The van der Waals surface area contributed by atoms with Crippen molar-refractivity contribution in [2.75, 3.05) is 13.1 Å². The lowest BCUT2D eigenvalue weighted by atomic mass is 10.2. The summed E-state index contributed by atoms with van der Waals surface area (Å²) in [5, 5.41) is 8.87. The van der Waals surface area contributed by atoms with Gasteiger partial charge in [0.25, 0.3) is 0 Å². The SMILES string of the molecule is CN(CCl)S(=O)(=O)c1ccccc1C(=O)O. The second-order valence-electron chi connectivity index (χ2n) is 3.02. The molecule has 5 nitrogen and oxygen atoms in total. The number of alkyl halides is 1. The molecule has 0 amide bonds. The first-order valence-electron chi connectivity index (χ1n) is 4.26. The molecule has 0 unspecified atom stereocenters. The largest absolute Gasteiger partial charge is 0.478 e. The van der Waals surface area contributed by atoms with E-state index in [1.54, 1.807) is 0 Å². The molecule has 0 aliphatic heterocycles. The molecule has 88 valence electrons. The first kappa shape index (κ1) is 13.0. The van der Waals surface area contributed by atoms with E-state index in [0.717, 1.165) is 4.31 Å². The standard InChI is InChI=1S/C9H10ClNO4S/c1-11(6-10)16(14,15)8-5-3-2-4-7(8)9(12)13/h2-5H,6H2,1H3,(H,12,13). The van der Waals surface area contributed by atoms with Crippen molar-refractivity contribution in [2.24, 2.45) is 0 Å². The van der Waals surface area contributed by atoms with Crippen LogP contribution >= 0.6 is 11.6 Å². The van der Waals surface area contributed by atoms with E-state index in [-0.39, 0.29) is 16.5 Å². The molecule has 0 spiro atoms. The predicted molar refractivity (Wildman–Crippen MR) is 59.1 cm³/mol. The van der Waals surface area contributed by atoms with Crippen LogP contribution in [0.5, 0.6) is 0 Å². The summed E-state index contributed by atoms with van der Waals surface area (Å²) in [5.41, 5.74) is -0.264. The monoisotopic (exact) mass is 263 g/mol. The van der Waals surface area contributed by atoms with Gasteiger partial charge in [-0.2, -0.15) is 4.31 Å². The molecule has 0 aliphatic rings. The normalized spacial score (nSPS) is 11.7. The molecule has 1 aromatic carbocycles. The molecule has 0 aromatic heterocycles. The Morgan fingerprint density at radius 1 is 1.44 bits per heavy atom. The molecule has 16 heavy (non-hydrogen) atoms. The molecule has 0 bridgehead atoms. The van der Waals surface area contributed by atoms with E-state index in [2.05, 4.69) is 0 Å². The fourth-order valence-electron chi connectivity index (χ4n) is 1.10. The number of sulfonamides is 1. The third-order valence-electron chi connectivity index (χ3n) is 1.97. The van der Waals surface area contributed by atoms with Gasteiger partial charge in [-0.3, -0.25) is 0 Å². The number of hydrogen-bond acceptors (Lipinski definition) is 3. The number of benzene rings is 1. The Hall–Kier alpha value is -1.11. The lowest BCUT2D eigenvalue weighted by Crippen LogP contribution is -2.27. The number of hydrogen-bond donors (Lipinski definition) is 1. The number of carboxylic acid groups (broad SMARTS) is 1.